The first-order valence-electron chi connectivity index (χ1n) is 6.48. The molecular weight excluding hydrogens is 296 g/mol. The molecule has 1 aromatic carbocycles. The molecule has 3 rings (SSSR count). The van der Waals surface area contributed by atoms with E-state index in [0.29, 0.717) is 17.3 Å². The number of carbonyl (C=O) groups excluding carboxylic acids is 1. The van der Waals surface area contributed by atoms with E-state index >= 15 is 0 Å². The Labute approximate surface area is 125 Å². The monoisotopic (exact) mass is 310 g/mol. The summed E-state index contributed by atoms with van der Waals surface area (Å²) in [5, 5.41) is 6.69. The molecule has 1 saturated heterocycles. The van der Waals surface area contributed by atoms with E-state index in [0.717, 1.165) is 36.4 Å². The summed E-state index contributed by atoms with van der Waals surface area (Å²) in [5.41, 5.74) is 3.13. The zero-order valence-corrected chi connectivity index (χ0v) is 12.4. The average Bonchev–Trinajstić information content (AvgIpc) is 2.92. The van der Waals surface area contributed by atoms with Gasteiger partial charge in [0.2, 0.25) is 5.91 Å². The molecule has 2 aromatic rings. The van der Waals surface area contributed by atoms with E-state index in [9.17, 15) is 4.79 Å². The second kappa shape index (κ2) is 6.05. The number of hydrogen-bond acceptors (Lipinski definition) is 5. The zero-order valence-electron chi connectivity index (χ0n) is 10.9. The van der Waals surface area contributed by atoms with Crippen LogP contribution < -0.4 is 10.6 Å². The number of nitrogens with zero attached hydrogens (tertiary/aromatic N) is 2. The zero-order chi connectivity index (χ0) is 13.9. The second-order valence-electron chi connectivity index (χ2n) is 4.70. The van der Waals surface area contributed by atoms with E-state index in [1.54, 1.807) is 11.6 Å². The van der Waals surface area contributed by atoms with Gasteiger partial charge in [0.15, 0.2) is 0 Å². The largest absolute Gasteiger partial charge is 0.322 e. The minimum absolute atomic E-state index is 0.0469. The van der Waals surface area contributed by atoms with Gasteiger partial charge in [-0.1, -0.05) is 11.6 Å². The number of nitrogens with one attached hydrogen (secondary N) is 2. The molecule has 1 amide bonds. The Bertz CT molecular complexity index is 624. The number of halogens is 1. The number of piperazine rings is 1. The number of amides is 1. The summed E-state index contributed by atoms with van der Waals surface area (Å²) < 4.78 is 1.02. The van der Waals surface area contributed by atoms with E-state index in [-0.39, 0.29) is 5.91 Å². The molecule has 0 atom stereocenters. The molecule has 0 saturated carbocycles. The van der Waals surface area contributed by atoms with Crippen LogP contribution in [0.1, 0.15) is 0 Å². The maximum atomic E-state index is 12.1. The quantitative estimate of drug-likeness (QED) is 0.907. The first-order chi connectivity index (χ1) is 9.74. The summed E-state index contributed by atoms with van der Waals surface area (Å²) in [5.74, 6) is -0.0469. The van der Waals surface area contributed by atoms with Crippen LogP contribution in [-0.2, 0) is 4.79 Å². The molecular formula is C13H15ClN4OS. The third-order valence-electron chi connectivity index (χ3n) is 3.29. The average molecular weight is 311 g/mol. The summed E-state index contributed by atoms with van der Waals surface area (Å²) in [6.45, 7) is 4.02. The van der Waals surface area contributed by atoms with Gasteiger partial charge in [0.25, 0.3) is 0 Å². The molecule has 1 aromatic heterocycles. The van der Waals surface area contributed by atoms with Gasteiger partial charge in [0, 0.05) is 26.2 Å². The second-order valence-corrected chi connectivity index (χ2v) is 5.99. The Morgan fingerprint density at radius 1 is 1.45 bits per heavy atom. The summed E-state index contributed by atoms with van der Waals surface area (Å²) in [6, 6.07) is 3.71. The minimum Gasteiger partial charge on any atom is -0.322 e. The molecule has 0 unspecified atom stereocenters. The molecule has 1 fully saturated rings. The van der Waals surface area contributed by atoms with Gasteiger partial charge in [-0.25, -0.2) is 4.98 Å². The number of fused-ring (bicyclic) bond motifs is 1. The SMILES string of the molecule is O=C(CN1CCNCC1)Nc1c(Cl)ccc2scnc12. The normalized spacial score (nSPS) is 16.4. The van der Waals surface area contributed by atoms with E-state index in [1.165, 1.54) is 11.3 Å². The van der Waals surface area contributed by atoms with Crippen LogP contribution in [0.3, 0.4) is 0 Å². The van der Waals surface area contributed by atoms with Crippen molar-refractivity contribution in [1.82, 2.24) is 15.2 Å². The first-order valence-corrected chi connectivity index (χ1v) is 7.74. The lowest BCUT2D eigenvalue weighted by molar-refractivity contribution is -0.117. The molecule has 2 heterocycles. The molecule has 0 radical (unpaired) electrons. The van der Waals surface area contributed by atoms with Gasteiger partial charge in [0.05, 0.1) is 27.5 Å². The van der Waals surface area contributed by atoms with Crippen LogP contribution in [0.25, 0.3) is 10.2 Å². The Morgan fingerprint density at radius 2 is 2.25 bits per heavy atom. The maximum Gasteiger partial charge on any atom is 0.238 e. The smallest absolute Gasteiger partial charge is 0.238 e. The minimum atomic E-state index is -0.0469. The Morgan fingerprint density at radius 3 is 3.05 bits per heavy atom. The molecule has 1 aliphatic rings. The topological polar surface area (TPSA) is 57.3 Å². The fourth-order valence-corrected chi connectivity index (χ4v) is 3.16. The van der Waals surface area contributed by atoms with Crippen LogP contribution in [0.2, 0.25) is 5.02 Å². The van der Waals surface area contributed by atoms with Crippen molar-refractivity contribution in [1.29, 1.82) is 0 Å². The van der Waals surface area contributed by atoms with Crippen LogP contribution in [-0.4, -0.2) is 48.5 Å². The van der Waals surface area contributed by atoms with Crippen LogP contribution in [0.5, 0.6) is 0 Å². The van der Waals surface area contributed by atoms with Crippen LogP contribution in [0.4, 0.5) is 5.69 Å². The van der Waals surface area contributed by atoms with E-state index in [4.69, 9.17) is 11.6 Å². The number of benzene rings is 1. The van der Waals surface area contributed by atoms with Crippen molar-refractivity contribution in [3.05, 3.63) is 22.7 Å². The van der Waals surface area contributed by atoms with Crippen LogP contribution in [0, 0.1) is 0 Å². The van der Waals surface area contributed by atoms with Gasteiger partial charge in [-0.05, 0) is 12.1 Å². The highest BCUT2D eigenvalue weighted by atomic mass is 35.5. The Kier molecular flexibility index (Phi) is 4.16. The molecule has 106 valence electrons. The van der Waals surface area contributed by atoms with Gasteiger partial charge in [-0.2, -0.15) is 0 Å². The number of anilines is 1. The van der Waals surface area contributed by atoms with Gasteiger partial charge in [0.1, 0.15) is 5.52 Å². The summed E-state index contributed by atoms with van der Waals surface area (Å²) >= 11 is 7.71. The predicted octanol–water partition coefficient (Wildman–Crippen LogP) is 1.79. The summed E-state index contributed by atoms with van der Waals surface area (Å²) in [6.07, 6.45) is 0. The van der Waals surface area contributed by atoms with Crippen LogP contribution >= 0.6 is 22.9 Å². The number of rotatable bonds is 3. The van der Waals surface area contributed by atoms with E-state index < -0.39 is 0 Å². The van der Waals surface area contributed by atoms with Crippen molar-refractivity contribution in [2.24, 2.45) is 0 Å². The highest BCUT2D eigenvalue weighted by Gasteiger charge is 2.16. The molecule has 7 heteroatoms. The highest BCUT2D eigenvalue weighted by Crippen LogP contribution is 2.32. The molecule has 5 nitrogen and oxygen atoms in total. The number of aromatic nitrogens is 1. The summed E-state index contributed by atoms with van der Waals surface area (Å²) in [4.78, 5) is 18.5. The highest BCUT2D eigenvalue weighted by molar-refractivity contribution is 7.16. The Balaban J connectivity index is 1.73. The van der Waals surface area contributed by atoms with Crippen molar-refractivity contribution in [3.63, 3.8) is 0 Å². The molecule has 1 aliphatic heterocycles. The van der Waals surface area contributed by atoms with Crippen molar-refractivity contribution in [2.75, 3.05) is 38.0 Å². The molecule has 2 N–H and O–H groups in total. The number of carbonyl (C=O) groups is 1. The third kappa shape index (κ3) is 2.93. The van der Waals surface area contributed by atoms with Crippen molar-refractivity contribution in [3.8, 4) is 0 Å². The lowest BCUT2D eigenvalue weighted by Crippen LogP contribution is -2.46. The van der Waals surface area contributed by atoms with E-state index in [1.807, 2.05) is 6.07 Å². The lowest BCUT2D eigenvalue weighted by Gasteiger charge is -2.26. The lowest BCUT2D eigenvalue weighted by atomic mass is 10.2. The van der Waals surface area contributed by atoms with Crippen molar-refractivity contribution >= 4 is 44.7 Å². The van der Waals surface area contributed by atoms with Crippen molar-refractivity contribution in [2.45, 2.75) is 0 Å². The fraction of sp³-hybridized carbons (Fsp3) is 0.385. The summed E-state index contributed by atoms with van der Waals surface area (Å²) in [7, 11) is 0. The first kappa shape index (κ1) is 13.8. The molecule has 0 bridgehead atoms. The maximum absolute atomic E-state index is 12.1. The van der Waals surface area contributed by atoms with Gasteiger partial charge in [-0.3, -0.25) is 9.69 Å². The molecule has 20 heavy (non-hydrogen) atoms. The van der Waals surface area contributed by atoms with E-state index in [2.05, 4.69) is 20.5 Å². The fourth-order valence-electron chi connectivity index (χ4n) is 2.28. The Hall–Kier alpha value is -1.21. The third-order valence-corrected chi connectivity index (χ3v) is 4.40. The molecule has 0 spiro atoms. The number of thiazole rings is 1. The van der Waals surface area contributed by atoms with Gasteiger partial charge >= 0.3 is 0 Å². The standard InChI is InChI=1S/C13H15ClN4OS/c14-9-1-2-10-13(16-8-20-10)12(9)17-11(19)7-18-5-3-15-4-6-18/h1-2,8,15H,3-7H2,(H,17,19). The predicted molar refractivity (Wildman–Crippen MR) is 82.6 cm³/mol. The molecule has 0 aliphatic carbocycles. The van der Waals surface area contributed by atoms with Crippen molar-refractivity contribution < 1.29 is 4.79 Å². The van der Waals surface area contributed by atoms with Crippen LogP contribution in [0.15, 0.2) is 17.6 Å². The van der Waals surface area contributed by atoms with Gasteiger partial charge in [-0.15, -0.1) is 11.3 Å². The number of hydrogen-bond donors (Lipinski definition) is 2. The van der Waals surface area contributed by atoms with Gasteiger partial charge < -0.3 is 10.6 Å².